The van der Waals surface area contributed by atoms with Crippen molar-refractivity contribution in [3.63, 3.8) is 0 Å². The molecule has 0 radical (unpaired) electrons. The Hall–Kier alpha value is -0.220. The van der Waals surface area contributed by atoms with Crippen LogP contribution in [0.3, 0.4) is 0 Å². The molecule has 0 saturated carbocycles. The van der Waals surface area contributed by atoms with Gasteiger partial charge in [-0.1, -0.05) is 23.7 Å². The van der Waals surface area contributed by atoms with Crippen LogP contribution >= 0.6 is 23.4 Å². The Balaban J connectivity index is 2.17. The second kappa shape index (κ2) is 6.80. The van der Waals surface area contributed by atoms with Gasteiger partial charge in [0, 0.05) is 29.9 Å². The third-order valence-electron chi connectivity index (χ3n) is 3.50. The van der Waals surface area contributed by atoms with Crippen molar-refractivity contribution in [2.45, 2.75) is 19.4 Å². The molecule has 0 aromatic heterocycles. The van der Waals surface area contributed by atoms with E-state index in [4.69, 9.17) is 17.3 Å². The largest absolute Gasteiger partial charge is 0.329 e. The van der Waals surface area contributed by atoms with Gasteiger partial charge in [-0.05, 0) is 42.8 Å². The van der Waals surface area contributed by atoms with Crippen LogP contribution in [0.1, 0.15) is 23.6 Å². The zero-order valence-electron chi connectivity index (χ0n) is 10.9. The molecule has 2 nitrogen and oxygen atoms in total. The van der Waals surface area contributed by atoms with E-state index >= 15 is 0 Å². The summed E-state index contributed by atoms with van der Waals surface area (Å²) in [4.78, 5) is 2.50. The first kappa shape index (κ1) is 14.2. The number of benzene rings is 1. The maximum atomic E-state index is 6.22. The fourth-order valence-corrected chi connectivity index (χ4v) is 3.48. The first-order valence-corrected chi connectivity index (χ1v) is 8.03. The summed E-state index contributed by atoms with van der Waals surface area (Å²) in [7, 11) is 0. The Morgan fingerprint density at radius 3 is 2.94 bits per heavy atom. The van der Waals surface area contributed by atoms with E-state index in [9.17, 15) is 0 Å². The van der Waals surface area contributed by atoms with E-state index in [1.807, 2.05) is 18.7 Å². The van der Waals surface area contributed by atoms with Gasteiger partial charge in [-0.3, -0.25) is 4.90 Å². The summed E-state index contributed by atoms with van der Waals surface area (Å²) in [6, 6.07) is 6.64. The highest BCUT2D eigenvalue weighted by Crippen LogP contribution is 2.26. The van der Waals surface area contributed by atoms with E-state index in [0.29, 0.717) is 12.6 Å². The van der Waals surface area contributed by atoms with E-state index in [-0.39, 0.29) is 0 Å². The molecule has 1 fully saturated rings. The quantitative estimate of drug-likeness (QED) is 0.925. The fraction of sp³-hybridized carbons (Fsp3) is 0.571. The summed E-state index contributed by atoms with van der Waals surface area (Å²) in [6.07, 6.45) is 1.25. The molecule has 1 saturated heterocycles. The summed E-state index contributed by atoms with van der Waals surface area (Å²) >= 11 is 8.26. The lowest BCUT2D eigenvalue weighted by atomic mass is 10.0. The van der Waals surface area contributed by atoms with Crippen LogP contribution in [0.15, 0.2) is 18.2 Å². The highest BCUT2D eigenvalue weighted by molar-refractivity contribution is 7.99. The molecule has 0 bridgehead atoms. The maximum Gasteiger partial charge on any atom is 0.0471 e. The van der Waals surface area contributed by atoms with Gasteiger partial charge in [0.1, 0.15) is 0 Å². The molecule has 18 heavy (non-hydrogen) atoms. The number of nitrogens with two attached hydrogens (primary N) is 1. The standard InChI is InChI=1S/C14H21ClN2S/c1-11-3-4-12(9-13(11)15)14(10-16)17-5-2-7-18-8-6-17/h3-4,9,14H,2,5-8,10,16H2,1H3. The lowest BCUT2D eigenvalue weighted by Gasteiger charge is -2.30. The lowest BCUT2D eigenvalue weighted by Crippen LogP contribution is -2.35. The molecular formula is C14H21ClN2S. The number of rotatable bonds is 3. The van der Waals surface area contributed by atoms with Crippen LogP contribution in [0.2, 0.25) is 5.02 Å². The van der Waals surface area contributed by atoms with Crippen LogP contribution in [0.25, 0.3) is 0 Å². The molecular weight excluding hydrogens is 264 g/mol. The summed E-state index contributed by atoms with van der Waals surface area (Å²) < 4.78 is 0. The van der Waals surface area contributed by atoms with Crippen molar-refractivity contribution in [1.82, 2.24) is 4.90 Å². The predicted octanol–water partition coefficient (Wildman–Crippen LogP) is 3.09. The van der Waals surface area contributed by atoms with Gasteiger partial charge in [0.25, 0.3) is 0 Å². The molecule has 0 amide bonds. The second-order valence-corrected chi connectivity index (χ2v) is 6.39. The number of hydrogen-bond donors (Lipinski definition) is 1. The predicted molar refractivity (Wildman–Crippen MR) is 81.5 cm³/mol. The average molecular weight is 285 g/mol. The third-order valence-corrected chi connectivity index (χ3v) is 4.96. The van der Waals surface area contributed by atoms with Crippen molar-refractivity contribution in [3.8, 4) is 0 Å². The molecule has 0 spiro atoms. The lowest BCUT2D eigenvalue weighted by molar-refractivity contribution is 0.218. The molecule has 2 rings (SSSR count). The molecule has 2 N–H and O–H groups in total. The van der Waals surface area contributed by atoms with Gasteiger partial charge < -0.3 is 5.73 Å². The summed E-state index contributed by atoms with van der Waals surface area (Å²) in [5, 5.41) is 0.843. The van der Waals surface area contributed by atoms with Crippen molar-refractivity contribution in [2.24, 2.45) is 5.73 Å². The van der Waals surface area contributed by atoms with Crippen LogP contribution in [0, 0.1) is 6.92 Å². The molecule has 1 aliphatic heterocycles. The second-order valence-electron chi connectivity index (χ2n) is 4.76. The minimum absolute atomic E-state index is 0.307. The third kappa shape index (κ3) is 3.41. The van der Waals surface area contributed by atoms with Crippen molar-refractivity contribution in [1.29, 1.82) is 0 Å². The van der Waals surface area contributed by atoms with Crippen molar-refractivity contribution in [3.05, 3.63) is 34.3 Å². The Kier molecular flexibility index (Phi) is 5.37. The van der Waals surface area contributed by atoms with Gasteiger partial charge in [0.05, 0.1) is 0 Å². The summed E-state index contributed by atoms with van der Waals surface area (Å²) in [5.41, 5.74) is 8.36. The van der Waals surface area contributed by atoms with Crippen molar-refractivity contribution in [2.75, 3.05) is 31.1 Å². The molecule has 1 aromatic rings. The first-order valence-electron chi connectivity index (χ1n) is 6.50. The molecule has 1 aromatic carbocycles. The van der Waals surface area contributed by atoms with Crippen LogP contribution in [0.5, 0.6) is 0 Å². The fourth-order valence-electron chi connectivity index (χ4n) is 2.39. The molecule has 1 atom stereocenters. The monoisotopic (exact) mass is 284 g/mol. The van der Waals surface area contributed by atoms with E-state index < -0.39 is 0 Å². The first-order chi connectivity index (χ1) is 8.72. The van der Waals surface area contributed by atoms with Gasteiger partial charge in [-0.2, -0.15) is 11.8 Å². The van der Waals surface area contributed by atoms with Gasteiger partial charge in [0.2, 0.25) is 0 Å². The average Bonchev–Trinajstić information content (AvgIpc) is 2.64. The summed E-state index contributed by atoms with van der Waals surface area (Å²) in [6.45, 7) is 4.95. The smallest absolute Gasteiger partial charge is 0.0471 e. The minimum Gasteiger partial charge on any atom is -0.329 e. The zero-order chi connectivity index (χ0) is 13.0. The highest BCUT2D eigenvalue weighted by Gasteiger charge is 2.20. The summed E-state index contributed by atoms with van der Waals surface area (Å²) in [5.74, 6) is 2.47. The molecule has 100 valence electrons. The Morgan fingerprint density at radius 1 is 1.39 bits per heavy atom. The Labute approximate surface area is 119 Å². The van der Waals surface area contributed by atoms with Crippen LogP contribution in [0.4, 0.5) is 0 Å². The van der Waals surface area contributed by atoms with Gasteiger partial charge in [-0.25, -0.2) is 0 Å². The normalized spacial score (nSPS) is 19.5. The molecule has 1 aliphatic rings. The van der Waals surface area contributed by atoms with E-state index in [1.54, 1.807) is 0 Å². The number of nitrogens with zero attached hydrogens (tertiary/aromatic N) is 1. The van der Waals surface area contributed by atoms with Gasteiger partial charge >= 0.3 is 0 Å². The number of aryl methyl sites for hydroxylation is 1. The number of halogens is 1. The van der Waals surface area contributed by atoms with E-state index in [0.717, 1.165) is 23.7 Å². The highest BCUT2D eigenvalue weighted by atomic mass is 35.5. The van der Waals surface area contributed by atoms with Crippen LogP contribution in [-0.4, -0.2) is 36.0 Å². The molecule has 1 unspecified atom stereocenters. The molecule has 0 aliphatic carbocycles. The van der Waals surface area contributed by atoms with Crippen LogP contribution in [-0.2, 0) is 0 Å². The molecule has 4 heteroatoms. The maximum absolute atomic E-state index is 6.22. The van der Waals surface area contributed by atoms with Crippen molar-refractivity contribution >= 4 is 23.4 Å². The van der Waals surface area contributed by atoms with Gasteiger partial charge in [0.15, 0.2) is 0 Å². The minimum atomic E-state index is 0.307. The zero-order valence-corrected chi connectivity index (χ0v) is 12.4. The molecule has 1 heterocycles. The van der Waals surface area contributed by atoms with Crippen LogP contribution < -0.4 is 5.73 Å². The Bertz CT molecular complexity index is 389. The number of thioether (sulfide) groups is 1. The van der Waals surface area contributed by atoms with Crippen molar-refractivity contribution < 1.29 is 0 Å². The topological polar surface area (TPSA) is 29.3 Å². The number of hydrogen-bond acceptors (Lipinski definition) is 3. The van der Waals surface area contributed by atoms with E-state index in [2.05, 4.69) is 23.1 Å². The SMILES string of the molecule is Cc1ccc(C(CN)N2CCCSCC2)cc1Cl. The Morgan fingerprint density at radius 2 is 2.22 bits per heavy atom. The van der Waals surface area contributed by atoms with E-state index in [1.165, 1.54) is 23.5 Å². The van der Waals surface area contributed by atoms with Gasteiger partial charge in [-0.15, -0.1) is 0 Å².